The van der Waals surface area contributed by atoms with Crippen LogP contribution in [0.25, 0.3) is 0 Å². The van der Waals surface area contributed by atoms with Crippen LogP contribution in [0, 0.1) is 0 Å². The zero-order valence-electron chi connectivity index (χ0n) is 12.0. The van der Waals surface area contributed by atoms with Gasteiger partial charge in [0.25, 0.3) is 0 Å². The van der Waals surface area contributed by atoms with Gasteiger partial charge in [0.15, 0.2) is 0 Å². The lowest BCUT2D eigenvalue weighted by Crippen LogP contribution is -2.43. The Hall–Kier alpha value is -1.49. The van der Waals surface area contributed by atoms with Crippen LogP contribution in [0.3, 0.4) is 0 Å². The Balaban J connectivity index is 2.38. The smallest absolute Gasteiger partial charge is 0.316 e. The van der Waals surface area contributed by atoms with Crippen LogP contribution in [0.15, 0.2) is 12.1 Å². The molecule has 1 fully saturated rings. The third-order valence-corrected chi connectivity index (χ3v) is 4.16. The van der Waals surface area contributed by atoms with Gasteiger partial charge in [0.2, 0.25) is 0 Å². The van der Waals surface area contributed by atoms with Crippen molar-refractivity contribution in [2.45, 2.75) is 31.6 Å². The van der Waals surface area contributed by atoms with E-state index in [1.807, 2.05) is 0 Å². The van der Waals surface area contributed by atoms with Gasteiger partial charge in [-0.15, -0.1) is 0 Å². The van der Waals surface area contributed by atoms with Crippen molar-refractivity contribution in [3.8, 4) is 5.75 Å². The van der Waals surface area contributed by atoms with Crippen LogP contribution in [0.1, 0.15) is 31.7 Å². The molecule has 0 amide bonds. The van der Waals surface area contributed by atoms with Crippen LogP contribution in [-0.4, -0.2) is 25.9 Å². The minimum atomic E-state index is -0.679. The van der Waals surface area contributed by atoms with Gasteiger partial charge < -0.3 is 15.2 Å². The fourth-order valence-corrected chi connectivity index (χ4v) is 2.76. The molecule has 0 bridgehead atoms. The van der Waals surface area contributed by atoms with E-state index >= 15 is 0 Å². The Kier molecular flexibility index (Phi) is 4.93. The second-order valence-electron chi connectivity index (χ2n) is 5.06. The molecule has 21 heavy (non-hydrogen) atoms. The van der Waals surface area contributed by atoms with Crippen LogP contribution < -0.4 is 10.5 Å². The van der Waals surface area contributed by atoms with Crippen molar-refractivity contribution < 1.29 is 18.7 Å². The predicted octanol–water partition coefficient (Wildman–Crippen LogP) is 3.26. The van der Waals surface area contributed by atoms with Crippen LogP contribution in [0.4, 0.5) is 10.1 Å². The number of hydrogen-bond acceptors (Lipinski definition) is 4. The highest BCUT2D eigenvalue weighted by atomic mass is 35.5. The van der Waals surface area contributed by atoms with Gasteiger partial charge in [-0.25, -0.2) is 4.39 Å². The van der Waals surface area contributed by atoms with Crippen molar-refractivity contribution in [3.63, 3.8) is 0 Å². The molecule has 1 aromatic carbocycles. The standard InChI is InChI=1S/C15H19ClFNO3/c1-2-20-14(19)15(4-3-5-15)10-8-11(16)13(18)12(9-10)21-7-6-17/h8-9H,2-7,18H2,1H3. The molecule has 0 radical (unpaired) electrons. The van der Waals surface area contributed by atoms with E-state index in [1.54, 1.807) is 19.1 Å². The number of nitrogens with two attached hydrogens (primary N) is 1. The number of carbonyl (C=O) groups excluding carboxylic acids is 1. The number of rotatable bonds is 6. The number of benzene rings is 1. The maximum atomic E-state index is 12.3. The molecular weight excluding hydrogens is 297 g/mol. The molecular formula is C15H19ClFNO3. The summed E-state index contributed by atoms with van der Waals surface area (Å²) in [4.78, 5) is 12.3. The third-order valence-electron chi connectivity index (χ3n) is 3.85. The number of halogens is 2. The van der Waals surface area contributed by atoms with Crippen LogP contribution in [0.2, 0.25) is 5.02 Å². The summed E-state index contributed by atoms with van der Waals surface area (Å²) in [6, 6.07) is 3.35. The van der Waals surface area contributed by atoms with E-state index < -0.39 is 12.1 Å². The lowest BCUT2D eigenvalue weighted by atomic mass is 9.64. The topological polar surface area (TPSA) is 61.5 Å². The van der Waals surface area contributed by atoms with Gasteiger partial charge in [0.1, 0.15) is 19.0 Å². The molecule has 1 aliphatic rings. The summed E-state index contributed by atoms with van der Waals surface area (Å²) < 4.78 is 22.7. The zero-order chi connectivity index (χ0) is 15.5. The summed E-state index contributed by atoms with van der Waals surface area (Å²) >= 11 is 6.12. The summed E-state index contributed by atoms with van der Waals surface area (Å²) in [5.41, 5.74) is 6.13. The van der Waals surface area contributed by atoms with E-state index in [0.717, 1.165) is 12.0 Å². The highest BCUT2D eigenvalue weighted by Crippen LogP contribution is 2.47. The number of nitrogen functional groups attached to an aromatic ring is 1. The largest absolute Gasteiger partial charge is 0.489 e. The fourth-order valence-electron chi connectivity index (χ4n) is 2.55. The lowest BCUT2D eigenvalue weighted by molar-refractivity contribution is -0.153. The molecule has 1 saturated carbocycles. The number of anilines is 1. The van der Waals surface area contributed by atoms with E-state index in [1.165, 1.54) is 0 Å². The second-order valence-corrected chi connectivity index (χ2v) is 5.47. The molecule has 1 aliphatic carbocycles. The van der Waals surface area contributed by atoms with Crippen molar-refractivity contribution in [2.75, 3.05) is 25.6 Å². The number of ether oxygens (including phenoxy) is 2. The SMILES string of the molecule is CCOC(=O)C1(c2cc(Cl)c(N)c(OCCF)c2)CCC1. The van der Waals surface area contributed by atoms with Crippen LogP contribution >= 0.6 is 11.6 Å². The van der Waals surface area contributed by atoms with E-state index in [4.69, 9.17) is 26.8 Å². The Bertz CT molecular complexity index is 532. The maximum Gasteiger partial charge on any atom is 0.316 e. The molecule has 1 aromatic rings. The number of esters is 1. The molecule has 0 atom stereocenters. The molecule has 116 valence electrons. The molecule has 0 heterocycles. The number of carbonyl (C=O) groups is 1. The molecule has 0 aromatic heterocycles. The first-order valence-electron chi connectivity index (χ1n) is 7.00. The summed E-state index contributed by atoms with van der Waals surface area (Å²) in [6.45, 7) is 1.38. The zero-order valence-corrected chi connectivity index (χ0v) is 12.7. The van der Waals surface area contributed by atoms with Gasteiger partial charge in [0, 0.05) is 0 Å². The first kappa shape index (κ1) is 15.9. The minimum Gasteiger partial charge on any atom is -0.489 e. The summed E-state index contributed by atoms with van der Waals surface area (Å²) in [5, 5.41) is 0.303. The van der Waals surface area contributed by atoms with Crippen LogP contribution in [-0.2, 0) is 14.9 Å². The Morgan fingerprint density at radius 1 is 1.48 bits per heavy atom. The number of hydrogen-bond donors (Lipinski definition) is 1. The second kappa shape index (κ2) is 6.52. The van der Waals surface area contributed by atoms with E-state index in [0.29, 0.717) is 30.2 Å². The molecule has 0 aliphatic heterocycles. The minimum absolute atomic E-state index is 0.101. The predicted molar refractivity (Wildman–Crippen MR) is 79.5 cm³/mol. The van der Waals surface area contributed by atoms with Crippen molar-refractivity contribution in [2.24, 2.45) is 0 Å². The van der Waals surface area contributed by atoms with Gasteiger partial charge in [-0.05, 0) is 37.5 Å². The average molecular weight is 316 g/mol. The molecule has 2 rings (SSSR count). The molecule has 0 saturated heterocycles. The van der Waals surface area contributed by atoms with E-state index in [2.05, 4.69) is 0 Å². The first-order chi connectivity index (χ1) is 10.0. The van der Waals surface area contributed by atoms with Gasteiger partial charge >= 0.3 is 5.97 Å². The normalized spacial score (nSPS) is 16.1. The average Bonchev–Trinajstić information content (AvgIpc) is 2.40. The van der Waals surface area contributed by atoms with E-state index in [9.17, 15) is 9.18 Å². The molecule has 2 N–H and O–H groups in total. The first-order valence-corrected chi connectivity index (χ1v) is 7.38. The van der Waals surface area contributed by atoms with Crippen molar-refractivity contribution in [1.29, 1.82) is 0 Å². The Morgan fingerprint density at radius 3 is 2.71 bits per heavy atom. The highest BCUT2D eigenvalue weighted by molar-refractivity contribution is 6.33. The summed E-state index contributed by atoms with van der Waals surface area (Å²) in [5.74, 6) is 0.0549. The van der Waals surface area contributed by atoms with Gasteiger partial charge in [-0.3, -0.25) is 4.79 Å². The Labute approximate surface area is 128 Å². The van der Waals surface area contributed by atoms with E-state index in [-0.39, 0.29) is 18.3 Å². The Morgan fingerprint density at radius 2 is 2.19 bits per heavy atom. The number of alkyl halides is 1. The van der Waals surface area contributed by atoms with Gasteiger partial charge in [-0.1, -0.05) is 18.0 Å². The van der Waals surface area contributed by atoms with Crippen LogP contribution in [0.5, 0.6) is 5.75 Å². The molecule has 0 spiro atoms. The van der Waals surface area contributed by atoms with Gasteiger partial charge in [-0.2, -0.15) is 0 Å². The van der Waals surface area contributed by atoms with Crippen molar-refractivity contribution >= 4 is 23.3 Å². The summed E-state index contributed by atoms with van der Waals surface area (Å²) in [6.07, 6.45) is 2.35. The quantitative estimate of drug-likeness (QED) is 0.646. The van der Waals surface area contributed by atoms with Crippen molar-refractivity contribution in [1.82, 2.24) is 0 Å². The maximum absolute atomic E-state index is 12.3. The summed E-state index contributed by atoms with van der Waals surface area (Å²) in [7, 11) is 0. The monoisotopic (exact) mass is 315 g/mol. The van der Waals surface area contributed by atoms with Gasteiger partial charge in [0.05, 0.1) is 22.7 Å². The lowest BCUT2D eigenvalue weighted by Gasteiger charge is -2.40. The molecule has 0 unspecified atom stereocenters. The third kappa shape index (κ3) is 2.93. The highest BCUT2D eigenvalue weighted by Gasteiger charge is 2.47. The molecule has 6 heteroatoms. The molecule has 4 nitrogen and oxygen atoms in total. The fraction of sp³-hybridized carbons (Fsp3) is 0.533. The van der Waals surface area contributed by atoms with Crippen molar-refractivity contribution in [3.05, 3.63) is 22.7 Å².